The Morgan fingerprint density at radius 1 is 1.16 bits per heavy atom. The van der Waals surface area contributed by atoms with Crippen molar-refractivity contribution in [1.29, 1.82) is 0 Å². The van der Waals surface area contributed by atoms with E-state index in [2.05, 4.69) is 29.2 Å². The number of ether oxygens (including phenoxy) is 2. The summed E-state index contributed by atoms with van der Waals surface area (Å²) in [7, 11) is 0. The first-order valence-electron chi connectivity index (χ1n) is 9.30. The van der Waals surface area contributed by atoms with E-state index in [9.17, 15) is 4.79 Å². The number of carbonyl (C=O) groups excluding carboxylic acids is 1. The number of aromatic nitrogens is 1. The first-order chi connectivity index (χ1) is 12.3. The molecule has 1 aromatic carbocycles. The summed E-state index contributed by atoms with van der Waals surface area (Å²) < 4.78 is 11.2. The molecule has 0 bridgehead atoms. The number of hydrogen-bond acceptors (Lipinski definition) is 3. The number of hydrogen-bond donors (Lipinski definition) is 1. The first-order valence-corrected chi connectivity index (χ1v) is 9.30. The normalized spacial score (nSPS) is 22.9. The Balaban J connectivity index is 1.42. The van der Waals surface area contributed by atoms with Crippen LogP contribution in [0, 0.1) is 11.8 Å². The molecule has 1 atom stereocenters. The van der Waals surface area contributed by atoms with Gasteiger partial charge in [-0.15, -0.1) is 0 Å². The van der Waals surface area contributed by atoms with Crippen LogP contribution >= 0.6 is 0 Å². The zero-order chi connectivity index (χ0) is 17.1. The highest BCUT2D eigenvalue weighted by Gasteiger charge is 2.29. The number of carbonyl (C=O) groups is 1. The molecule has 0 unspecified atom stereocenters. The lowest BCUT2D eigenvalue weighted by atomic mass is 9.96. The van der Waals surface area contributed by atoms with Crippen molar-refractivity contribution in [3.8, 4) is 0 Å². The predicted molar refractivity (Wildman–Crippen MR) is 96.4 cm³/mol. The second-order valence-corrected chi connectivity index (χ2v) is 7.22. The largest absolute Gasteiger partial charge is 0.381 e. The molecule has 2 aliphatic heterocycles. The van der Waals surface area contributed by atoms with Gasteiger partial charge in [-0.1, -0.05) is 6.07 Å². The number of H-pyrrole nitrogens is 1. The molecule has 1 amide bonds. The van der Waals surface area contributed by atoms with Gasteiger partial charge in [0.1, 0.15) is 0 Å². The molecule has 0 aliphatic carbocycles. The van der Waals surface area contributed by atoms with Crippen molar-refractivity contribution >= 4 is 16.8 Å². The number of benzene rings is 1. The summed E-state index contributed by atoms with van der Waals surface area (Å²) in [6, 6.07) is 8.65. The van der Waals surface area contributed by atoms with Crippen LogP contribution in [0.3, 0.4) is 0 Å². The molecular formula is C20H26N2O3. The minimum absolute atomic E-state index is 0.128. The maximum absolute atomic E-state index is 12.9. The molecule has 25 heavy (non-hydrogen) atoms. The Morgan fingerprint density at radius 2 is 2.04 bits per heavy atom. The number of nitrogens with one attached hydrogen (secondary N) is 1. The summed E-state index contributed by atoms with van der Waals surface area (Å²) >= 11 is 0. The molecule has 134 valence electrons. The van der Waals surface area contributed by atoms with Gasteiger partial charge in [0.2, 0.25) is 5.91 Å². The average Bonchev–Trinajstić information content (AvgIpc) is 2.99. The van der Waals surface area contributed by atoms with Gasteiger partial charge >= 0.3 is 0 Å². The molecule has 2 aromatic rings. The van der Waals surface area contributed by atoms with Gasteiger partial charge in [0.25, 0.3) is 0 Å². The quantitative estimate of drug-likeness (QED) is 0.933. The lowest BCUT2D eigenvalue weighted by molar-refractivity contribution is -0.138. The van der Waals surface area contributed by atoms with E-state index in [-0.39, 0.29) is 5.92 Å². The van der Waals surface area contributed by atoms with Crippen molar-refractivity contribution in [2.75, 3.05) is 39.5 Å². The minimum Gasteiger partial charge on any atom is -0.381 e. The van der Waals surface area contributed by atoms with Gasteiger partial charge in [-0.25, -0.2) is 0 Å². The van der Waals surface area contributed by atoms with Crippen molar-refractivity contribution < 1.29 is 14.3 Å². The second-order valence-electron chi connectivity index (χ2n) is 7.22. The third-order valence-electron chi connectivity index (χ3n) is 5.36. The average molecular weight is 342 g/mol. The molecule has 1 N–H and O–H groups in total. The summed E-state index contributed by atoms with van der Waals surface area (Å²) in [5.74, 6) is 0.770. The van der Waals surface area contributed by atoms with Crippen molar-refractivity contribution in [1.82, 2.24) is 9.88 Å². The van der Waals surface area contributed by atoms with Crippen molar-refractivity contribution in [3.05, 3.63) is 36.0 Å². The van der Waals surface area contributed by atoms with E-state index in [0.29, 0.717) is 38.2 Å². The van der Waals surface area contributed by atoms with Crippen molar-refractivity contribution in [2.24, 2.45) is 11.8 Å². The van der Waals surface area contributed by atoms with E-state index in [4.69, 9.17) is 9.47 Å². The SMILES string of the molecule is O=C(C1CCOCC1)N1CCOC[C@H](Cc2ccc3[nH]ccc3c2)C1. The van der Waals surface area contributed by atoms with Crippen LogP contribution in [0.4, 0.5) is 0 Å². The zero-order valence-corrected chi connectivity index (χ0v) is 14.6. The summed E-state index contributed by atoms with van der Waals surface area (Å²) in [4.78, 5) is 18.1. The van der Waals surface area contributed by atoms with Crippen LogP contribution in [-0.4, -0.2) is 55.3 Å². The summed E-state index contributed by atoms with van der Waals surface area (Å²) in [6.07, 6.45) is 4.62. The van der Waals surface area contributed by atoms with Crippen LogP contribution in [0.1, 0.15) is 18.4 Å². The fraction of sp³-hybridized carbons (Fsp3) is 0.550. The van der Waals surface area contributed by atoms with Gasteiger partial charge in [-0.05, 0) is 48.4 Å². The van der Waals surface area contributed by atoms with E-state index in [1.807, 2.05) is 11.1 Å². The van der Waals surface area contributed by atoms with Crippen molar-refractivity contribution in [3.63, 3.8) is 0 Å². The van der Waals surface area contributed by atoms with Crippen LogP contribution in [0.5, 0.6) is 0 Å². The van der Waals surface area contributed by atoms with Crippen LogP contribution < -0.4 is 0 Å². The molecule has 2 fully saturated rings. The van der Waals surface area contributed by atoms with Gasteiger partial charge in [0, 0.05) is 49.9 Å². The molecule has 0 saturated carbocycles. The van der Waals surface area contributed by atoms with E-state index in [1.54, 1.807) is 0 Å². The summed E-state index contributed by atoms with van der Waals surface area (Å²) in [5, 5.41) is 1.24. The van der Waals surface area contributed by atoms with Crippen LogP contribution in [0.25, 0.3) is 10.9 Å². The molecule has 5 nitrogen and oxygen atoms in total. The number of fused-ring (bicyclic) bond motifs is 1. The number of nitrogens with zero attached hydrogens (tertiary/aromatic N) is 1. The van der Waals surface area contributed by atoms with Gasteiger partial charge in [0.15, 0.2) is 0 Å². The number of amides is 1. The second kappa shape index (κ2) is 7.58. The highest BCUT2D eigenvalue weighted by atomic mass is 16.5. The predicted octanol–water partition coefficient (Wildman–Crippen LogP) is 2.61. The first kappa shape index (κ1) is 16.6. The highest BCUT2D eigenvalue weighted by Crippen LogP contribution is 2.22. The van der Waals surface area contributed by atoms with Gasteiger partial charge in [-0.2, -0.15) is 0 Å². The fourth-order valence-electron chi connectivity index (χ4n) is 3.97. The molecule has 3 heterocycles. The maximum Gasteiger partial charge on any atom is 0.225 e. The molecule has 0 spiro atoms. The minimum atomic E-state index is 0.128. The molecule has 4 rings (SSSR count). The Morgan fingerprint density at radius 3 is 2.92 bits per heavy atom. The molecule has 1 aromatic heterocycles. The molecule has 0 radical (unpaired) electrons. The Bertz CT molecular complexity index is 721. The Hall–Kier alpha value is -1.85. The van der Waals surface area contributed by atoms with E-state index >= 15 is 0 Å². The van der Waals surface area contributed by atoms with E-state index in [0.717, 1.165) is 37.9 Å². The summed E-state index contributed by atoms with van der Waals surface area (Å²) in [6.45, 7) is 4.29. The van der Waals surface area contributed by atoms with Crippen LogP contribution in [0.2, 0.25) is 0 Å². The lowest BCUT2D eigenvalue weighted by Crippen LogP contribution is -2.41. The lowest BCUT2D eigenvalue weighted by Gasteiger charge is -2.29. The number of aromatic amines is 1. The molecule has 2 aliphatic rings. The van der Waals surface area contributed by atoms with Crippen LogP contribution in [0.15, 0.2) is 30.5 Å². The third kappa shape index (κ3) is 3.88. The summed E-state index contributed by atoms with van der Waals surface area (Å²) in [5.41, 5.74) is 2.47. The van der Waals surface area contributed by atoms with E-state index in [1.165, 1.54) is 10.9 Å². The van der Waals surface area contributed by atoms with Gasteiger partial charge < -0.3 is 19.4 Å². The fourth-order valence-corrected chi connectivity index (χ4v) is 3.97. The smallest absolute Gasteiger partial charge is 0.225 e. The molecular weight excluding hydrogens is 316 g/mol. The highest BCUT2D eigenvalue weighted by molar-refractivity contribution is 5.80. The topological polar surface area (TPSA) is 54.6 Å². The standard InChI is InChI=1S/C20H26N2O3/c23-20(17-4-8-24-9-5-17)22-7-10-25-14-16(13-22)11-15-1-2-19-18(12-15)3-6-21-19/h1-3,6,12,16-17,21H,4-5,7-11,13-14H2/t16-/m1/s1. The third-order valence-corrected chi connectivity index (χ3v) is 5.36. The molecule has 5 heteroatoms. The van der Waals surface area contributed by atoms with E-state index < -0.39 is 0 Å². The maximum atomic E-state index is 12.9. The van der Waals surface area contributed by atoms with Gasteiger partial charge in [-0.3, -0.25) is 4.79 Å². The van der Waals surface area contributed by atoms with Gasteiger partial charge in [0.05, 0.1) is 13.2 Å². The Kier molecular flexibility index (Phi) is 5.04. The Labute approximate surface area is 148 Å². The zero-order valence-electron chi connectivity index (χ0n) is 14.6. The van der Waals surface area contributed by atoms with Crippen molar-refractivity contribution in [2.45, 2.75) is 19.3 Å². The van der Waals surface area contributed by atoms with Crippen LogP contribution in [-0.2, 0) is 20.7 Å². The number of rotatable bonds is 3. The molecule has 2 saturated heterocycles. The monoisotopic (exact) mass is 342 g/mol.